The fraction of sp³-hybridized carbons (Fsp3) is 0.588. The standard InChI is InChI=1S/C17H24N2O2/c1-12-10-18-11-16(12)17(20)19-13-6-8-15(9-7-13)21-14-4-2-3-5-14/h6-9,12,14,16,18H,2-5,10-11H2,1H3,(H,19,20). The Bertz CT molecular complexity index is 480. The molecule has 1 heterocycles. The van der Waals surface area contributed by atoms with E-state index in [0.717, 1.165) is 37.4 Å². The largest absolute Gasteiger partial charge is 0.490 e. The SMILES string of the molecule is CC1CNCC1C(=O)Nc1ccc(OC2CCCC2)cc1. The summed E-state index contributed by atoms with van der Waals surface area (Å²) in [5, 5.41) is 6.26. The van der Waals surface area contributed by atoms with Crippen molar-refractivity contribution in [1.29, 1.82) is 0 Å². The first-order chi connectivity index (χ1) is 10.2. The van der Waals surface area contributed by atoms with Crippen LogP contribution in [-0.4, -0.2) is 25.1 Å². The summed E-state index contributed by atoms with van der Waals surface area (Å²) in [4.78, 5) is 12.2. The van der Waals surface area contributed by atoms with Crippen LogP contribution in [0.1, 0.15) is 32.6 Å². The highest BCUT2D eigenvalue weighted by molar-refractivity contribution is 5.93. The molecule has 1 aromatic rings. The van der Waals surface area contributed by atoms with Crippen LogP contribution in [0.15, 0.2) is 24.3 Å². The lowest BCUT2D eigenvalue weighted by molar-refractivity contribution is -0.120. The Morgan fingerprint density at radius 3 is 2.52 bits per heavy atom. The van der Waals surface area contributed by atoms with E-state index in [4.69, 9.17) is 4.74 Å². The highest BCUT2D eigenvalue weighted by Gasteiger charge is 2.29. The molecule has 2 unspecified atom stereocenters. The quantitative estimate of drug-likeness (QED) is 0.895. The van der Waals surface area contributed by atoms with Crippen LogP contribution in [0.5, 0.6) is 5.75 Å². The molecule has 0 radical (unpaired) electrons. The van der Waals surface area contributed by atoms with Gasteiger partial charge >= 0.3 is 0 Å². The van der Waals surface area contributed by atoms with Crippen LogP contribution in [0.3, 0.4) is 0 Å². The van der Waals surface area contributed by atoms with Crippen LogP contribution in [-0.2, 0) is 4.79 Å². The van der Waals surface area contributed by atoms with Gasteiger partial charge in [-0.3, -0.25) is 4.79 Å². The van der Waals surface area contributed by atoms with Crippen molar-refractivity contribution >= 4 is 11.6 Å². The maximum atomic E-state index is 12.2. The van der Waals surface area contributed by atoms with Crippen LogP contribution in [0.4, 0.5) is 5.69 Å². The van der Waals surface area contributed by atoms with Crippen molar-refractivity contribution in [3.63, 3.8) is 0 Å². The number of amides is 1. The molecule has 114 valence electrons. The smallest absolute Gasteiger partial charge is 0.229 e. The minimum absolute atomic E-state index is 0.0689. The molecule has 2 aliphatic rings. The molecule has 21 heavy (non-hydrogen) atoms. The lowest BCUT2D eigenvalue weighted by Crippen LogP contribution is -2.27. The summed E-state index contributed by atoms with van der Waals surface area (Å²) < 4.78 is 5.93. The van der Waals surface area contributed by atoms with Gasteiger partial charge in [-0.25, -0.2) is 0 Å². The second-order valence-corrected chi connectivity index (χ2v) is 6.28. The van der Waals surface area contributed by atoms with Gasteiger partial charge in [0.05, 0.1) is 12.0 Å². The molecule has 4 heteroatoms. The molecule has 2 atom stereocenters. The summed E-state index contributed by atoms with van der Waals surface area (Å²) in [5.41, 5.74) is 0.845. The topological polar surface area (TPSA) is 50.4 Å². The van der Waals surface area contributed by atoms with Crippen molar-refractivity contribution in [3.05, 3.63) is 24.3 Å². The highest BCUT2D eigenvalue weighted by Crippen LogP contribution is 2.25. The van der Waals surface area contributed by atoms with Crippen LogP contribution >= 0.6 is 0 Å². The molecule has 1 aromatic carbocycles. The third kappa shape index (κ3) is 3.56. The van der Waals surface area contributed by atoms with Crippen LogP contribution in [0, 0.1) is 11.8 Å². The molecular weight excluding hydrogens is 264 g/mol. The van der Waals surface area contributed by atoms with Crippen LogP contribution in [0.2, 0.25) is 0 Å². The third-order valence-corrected chi connectivity index (χ3v) is 4.58. The molecule has 3 rings (SSSR count). The lowest BCUT2D eigenvalue weighted by atomic mass is 9.97. The Labute approximate surface area is 126 Å². The summed E-state index contributed by atoms with van der Waals surface area (Å²) in [5.74, 6) is 1.47. The zero-order valence-corrected chi connectivity index (χ0v) is 12.6. The number of ether oxygens (including phenoxy) is 1. The minimum Gasteiger partial charge on any atom is -0.490 e. The van der Waals surface area contributed by atoms with Crippen molar-refractivity contribution in [2.24, 2.45) is 11.8 Å². The average Bonchev–Trinajstić information content (AvgIpc) is 3.12. The van der Waals surface area contributed by atoms with Gasteiger partial charge in [-0.2, -0.15) is 0 Å². The molecule has 4 nitrogen and oxygen atoms in total. The molecule has 0 spiro atoms. The van der Waals surface area contributed by atoms with E-state index < -0.39 is 0 Å². The zero-order chi connectivity index (χ0) is 14.7. The first-order valence-electron chi connectivity index (χ1n) is 8.00. The monoisotopic (exact) mass is 288 g/mol. The number of carbonyl (C=O) groups excluding carboxylic acids is 1. The molecule has 1 saturated heterocycles. The van der Waals surface area contributed by atoms with E-state index in [1.807, 2.05) is 24.3 Å². The summed E-state index contributed by atoms with van der Waals surface area (Å²) in [6, 6.07) is 7.75. The van der Waals surface area contributed by atoms with Gasteiger partial charge in [0.2, 0.25) is 5.91 Å². The molecule has 1 aliphatic heterocycles. The Morgan fingerprint density at radius 2 is 1.90 bits per heavy atom. The first-order valence-corrected chi connectivity index (χ1v) is 8.00. The summed E-state index contributed by atoms with van der Waals surface area (Å²) in [6.45, 7) is 3.81. The van der Waals surface area contributed by atoms with Crippen molar-refractivity contribution in [2.45, 2.75) is 38.7 Å². The van der Waals surface area contributed by atoms with Gasteiger partial charge in [-0.05, 0) is 62.4 Å². The van der Waals surface area contributed by atoms with E-state index in [2.05, 4.69) is 17.6 Å². The Balaban J connectivity index is 1.55. The van der Waals surface area contributed by atoms with Crippen molar-refractivity contribution in [1.82, 2.24) is 5.32 Å². The van der Waals surface area contributed by atoms with Gasteiger partial charge in [0.1, 0.15) is 5.75 Å². The maximum Gasteiger partial charge on any atom is 0.229 e. The van der Waals surface area contributed by atoms with Gasteiger partial charge in [-0.1, -0.05) is 6.92 Å². The van der Waals surface area contributed by atoms with E-state index >= 15 is 0 Å². The van der Waals surface area contributed by atoms with E-state index in [-0.39, 0.29) is 11.8 Å². The summed E-state index contributed by atoms with van der Waals surface area (Å²) in [7, 11) is 0. The van der Waals surface area contributed by atoms with Crippen LogP contribution in [0.25, 0.3) is 0 Å². The maximum absolute atomic E-state index is 12.2. The molecule has 1 saturated carbocycles. The molecule has 1 amide bonds. The zero-order valence-electron chi connectivity index (χ0n) is 12.6. The second kappa shape index (κ2) is 6.48. The van der Waals surface area contributed by atoms with Crippen LogP contribution < -0.4 is 15.4 Å². The normalized spacial score (nSPS) is 26.0. The van der Waals surface area contributed by atoms with Gasteiger partial charge < -0.3 is 15.4 Å². The fourth-order valence-electron chi connectivity index (χ4n) is 3.21. The Kier molecular flexibility index (Phi) is 4.44. The van der Waals surface area contributed by atoms with E-state index in [1.165, 1.54) is 12.8 Å². The predicted molar refractivity (Wildman–Crippen MR) is 83.5 cm³/mol. The predicted octanol–water partition coefficient (Wildman–Crippen LogP) is 2.80. The number of rotatable bonds is 4. The summed E-state index contributed by atoms with van der Waals surface area (Å²) >= 11 is 0. The van der Waals surface area contributed by atoms with Gasteiger partial charge in [-0.15, -0.1) is 0 Å². The second-order valence-electron chi connectivity index (χ2n) is 6.28. The van der Waals surface area contributed by atoms with Crippen molar-refractivity contribution in [3.8, 4) is 5.75 Å². The average molecular weight is 288 g/mol. The molecule has 2 N–H and O–H groups in total. The molecule has 1 aliphatic carbocycles. The Morgan fingerprint density at radius 1 is 1.19 bits per heavy atom. The third-order valence-electron chi connectivity index (χ3n) is 4.58. The summed E-state index contributed by atoms with van der Waals surface area (Å²) in [6.07, 6.45) is 5.23. The number of hydrogen-bond acceptors (Lipinski definition) is 3. The number of hydrogen-bond donors (Lipinski definition) is 2. The van der Waals surface area contributed by atoms with E-state index in [9.17, 15) is 4.79 Å². The molecule has 0 aromatic heterocycles. The van der Waals surface area contributed by atoms with Gasteiger partial charge in [0.15, 0.2) is 0 Å². The molecular formula is C17H24N2O2. The minimum atomic E-state index is 0.0689. The Hall–Kier alpha value is -1.55. The number of anilines is 1. The molecule has 2 fully saturated rings. The highest BCUT2D eigenvalue weighted by atomic mass is 16.5. The first kappa shape index (κ1) is 14.4. The lowest BCUT2D eigenvalue weighted by Gasteiger charge is -2.15. The van der Waals surface area contributed by atoms with Crippen molar-refractivity contribution < 1.29 is 9.53 Å². The number of benzene rings is 1. The van der Waals surface area contributed by atoms with E-state index in [0.29, 0.717) is 12.0 Å². The van der Waals surface area contributed by atoms with Crippen molar-refractivity contribution in [2.75, 3.05) is 18.4 Å². The van der Waals surface area contributed by atoms with Gasteiger partial charge in [0.25, 0.3) is 0 Å². The number of carbonyl (C=O) groups is 1. The fourth-order valence-corrected chi connectivity index (χ4v) is 3.21. The molecule has 0 bridgehead atoms. The van der Waals surface area contributed by atoms with E-state index in [1.54, 1.807) is 0 Å². The van der Waals surface area contributed by atoms with Gasteiger partial charge in [0, 0.05) is 12.2 Å². The number of nitrogens with one attached hydrogen (secondary N) is 2.